The van der Waals surface area contributed by atoms with E-state index in [0.29, 0.717) is 0 Å². The van der Waals surface area contributed by atoms with Gasteiger partial charge >= 0.3 is 0 Å². The Morgan fingerprint density at radius 1 is 1.20 bits per heavy atom. The molecule has 0 aromatic heterocycles. The number of nitrogens with one attached hydrogen (secondary N) is 1. The van der Waals surface area contributed by atoms with Crippen LogP contribution in [0.1, 0.15) is 24.1 Å². The first kappa shape index (κ1) is 17.7. The molecule has 0 spiro atoms. The maximum atomic E-state index is 13.9. The van der Waals surface area contributed by atoms with E-state index in [9.17, 15) is 4.39 Å². The summed E-state index contributed by atoms with van der Waals surface area (Å²) in [7, 11) is 1.47. The highest BCUT2D eigenvalue weighted by atomic mass is 19.1. The molecule has 2 aromatic rings. The number of hydrogen-bond donors (Lipinski definition) is 1. The van der Waals surface area contributed by atoms with Gasteiger partial charge in [0.25, 0.3) is 0 Å². The van der Waals surface area contributed by atoms with E-state index in [4.69, 9.17) is 9.47 Å². The van der Waals surface area contributed by atoms with Crippen LogP contribution in [0.4, 0.5) is 10.1 Å². The third-order valence-corrected chi connectivity index (χ3v) is 4.62. The van der Waals surface area contributed by atoms with Crippen LogP contribution in [-0.2, 0) is 11.3 Å². The summed E-state index contributed by atoms with van der Waals surface area (Å²) in [5.74, 6) is -0.0593. The van der Waals surface area contributed by atoms with Gasteiger partial charge in [-0.15, -0.1) is 0 Å². The molecule has 0 amide bonds. The highest BCUT2D eigenvalue weighted by Gasteiger charge is 2.15. The molecule has 1 atom stereocenters. The average Bonchev–Trinajstić information content (AvgIpc) is 2.67. The first-order chi connectivity index (χ1) is 12.2. The number of ether oxygens (including phenoxy) is 2. The van der Waals surface area contributed by atoms with Gasteiger partial charge in [0.1, 0.15) is 0 Å². The summed E-state index contributed by atoms with van der Waals surface area (Å²) in [6, 6.07) is 13.6. The fourth-order valence-corrected chi connectivity index (χ4v) is 3.11. The van der Waals surface area contributed by atoms with Gasteiger partial charge < -0.3 is 19.7 Å². The van der Waals surface area contributed by atoms with Gasteiger partial charge in [-0.25, -0.2) is 4.39 Å². The molecule has 1 heterocycles. The number of anilines is 1. The predicted octanol–water partition coefficient (Wildman–Crippen LogP) is 3.52. The van der Waals surface area contributed by atoms with Crippen LogP contribution in [0.2, 0.25) is 0 Å². The Hall–Kier alpha value is -2.11. The molecule has 2 aromatic carbocycles. The Kier molecular flexibility index (Phi) is 5.89. The van der Waals surface area contributed by atoms with E-state index in [0.717, 1.165) is 38.4 Å². The molecule has 0 saturated carbocycles. The van der Waals surface area contributed by atoms with Gasteiger partial charge in [-0.3, -0.25) is 0 Å². The van der Waals surface area contributed by atoms with Crippen molar-refractivity contribution in [3.8, 4) is 5.75 Å². The molecular formula is C20H25FN2O2. The smallest absolute Gasteiger partial charge is 0.165 e. The normalized spacial score (nSPS) is 15.9. The third-order valence-electron chi connectivity index (χ3n) is 4.62. The van der Waals surface area contributed by atoms with Crippen molar-refractivity contribution in [2.45, 2.75) is 19.5 Å². The number of benzene rings is 2. The molecule has 5 heteroatoms. The Balaban J connectivity index is 1.68. The number of nitrogens with zero attached hydrogens (tertiary/aromatic N) is 1. The summed E-state index contributed by atoms with van der Waals surface area (Å²) in [4.78, 5) is 2.36. The number of hydrogen-bond acceptors (Lipinski definition) is 4. The molecule has 0 bridgehead atoms. The first-order valence-electron chi connectivity index (χ1n) is 8.66. The van der Waals surface area contributed by atoms with E-state index < -0.39 is 0 Å². The molecule has 1 N–H and O–H groups in total. The standard InChI is InChI=1S/C20H25FN2O2/c1-15(16-7-8-20(24-2)18(21)13-16)22-14-17-5-3-4-6-19(17)23-9-11-25-12-10-23/h3-8,13,15,22H,9-12,14H2,1-2H3/t15-/m0/s1. The number of methoxy groups -OCH3 is 1. The molecule has 1 aliphatic rings. The van der Waals surface area contributed by atoms with Crippen molar-refractivity contribution < 1.29 is 13.9 Å². The molecule has 134 valence electrons. The van der Waals surface area contributed by atoms with Crippen LogP contribution >= 0.6 is 0 Å². The Morgan fingerprint density at radius 2 is 1.96 bits per heavy atom. The maximum Gasteiger partial charge on any atom is 0.165 e. The van der Waals surface area contributed by atoms with Crippen molar-refractivity contribution >= 4 is 5.69 Å². The van der Waals surface area contributed by atoms with Crippen LogP contribution in [0, 0.1) is 5.82 Å². The predicted molar refractivity (Wildman–Crippen MR) is 97.7 cm³/mol. The first-order valence-corrected chi connectivity index (χ1v) is 8.66. The third kappa shape index (κ3) is 4.30. The minimum absolute atomic E-state index is 0.0400. The van der Waals surface area contributed by atoms with Crippen LogP contribution in [-0.4, -0.2) is 33.4 Å². The summed E-state index contributed by atoms with van der Waals surface area (Å²) in [5, 5.41) is 3.49. The second kappa shape index (κ2) is 8.32. The number of halogens is 1. The second-order valence-electron chi connectivity index (χ2n) is 6.22. The lowest BCUT2D eigenvalue weighted by molar-refractivity contribution is 0.122. The number of morpholine rings is 1. The fourth-order valence-electron chi connectivity index (χ4n) is 3.11. The molecule has 4 nitrogen and oxygen atoms in total. The monoisotopic (exact) mass is 344 g/mol. The summed E-state index contributed by atoms with van der Waals surface area (Å²) < 4.78 is 24.3. The van der Waals surface area contributed by atoms with E-state index in [2.05, 4.69) is 34.5 Å². The second-order valence-corrected chi connectivity index (χ2v) is 6.22. The SMILES string of the molecule is COc1ccc([C@H](C)NCc2ccccc2N2CCOCC2)cc1F. The minimum atomic E-state index is -0.331. The summed E-state index contributed by atoms with van der Waals surface area (Å²) in [6.07, 6.45) is 0. The van der Waals surface area contributed by atoms with Gasteiger partial charge in [0.2, 0.25) is 0 Å². The van der Waals surface area contributed by atoms with Crippen LogP contribution < -0.4 is 15.0 Å². The van der Waals surface area contributed by atoms with Crippen molar-refractivity contribution in [2.75, 3.05) is 38.3 Å². The zero-order chi connectivity index (χ0) is 17.6. The molecule has 1 aliphatic heterocycles. The quantitative estimate of drug-likeness (QED) is 0.869. The van der Waals surface area contributed by atoms with E-state index >= 15 is 0 Å². The highest BCUT2D eigenvalue weighted by Crippen LogP contribution is 2.24. The molecular weight excluding hydrogens is 319 g/mol. The van der Waals surface area contributed by atoms with Gasteiger partial charge in [0.05, 0.1) is 20.3 Å². The molecule has 25 heavy (non-hydrogen) atoms. The lowest BCUT2D eigenvalue weighted by Crippen LogP contribution is -2.37. The number of rotatable bonds is 6. The van der Waals surface area contributed by atoms with E-state index in [1.165, 1.54) is 24.4 Å². The Labute approximate surface area is 148 Å². The summed E-state index contributed by atoms with van der Waals surface area (Å²) in [5.41, 5.74) is 3.39. The van der Waals surface area contributed by atoms with Crippen molar-refractivity contribution in [1.82, 2.24) is 5.32 Å². The van der Waals surface area contributed by atoms with E-state index in [1.54, 1.807) is 6.07 Å². The Morgan fingerprint density at radius 3 is 2.68 bits per heavy atom. The summed E-state index contributed by atoms with van der Waals surface area (Å²) >= 11 is 0. The zero-order valence-corrected chi connectivity index (χ0v) is 14.8. The Bertz CT molecular complexity index is 702. The maximum absolute atomic E-state index is 13.9. The molecule has 0 unspecified atom stereocenters. The van der Waals surface area contributed by atoms with Gasteiger partial charge in [-0.05, 0) is 36.2 Å². The molecule has 0 aliphatic carbocycles. The van der Waals surface area contributed by atoms with Crippen LogP contribution in [0.5, 0.6) is 5.75 Å². The van der Waals surface area contributed by atoms with E-state index in [-0.39, 0.29) is 17.6 Å². The van der Waals surface area contributed by atoms with Crippen LogP contribution in [0.25, 0.3) is 0 Å². The van der Waals surface area contributed by atoms with Gasteiger partial charge in [0.15, 0.2) is 11.6 Å². The van der Waals surface area contributed by atoms with Crippen LogP contribution in [0.3, 0.4) is 0 Å². The lowest BCUT2D eigenvalue weighted by Gasteiger charge is -2.31. The molecule has 1 fully saturated rings. The van der Waals surface area contributed by atoms with Crippen molar-refractivity contribution in [1.29, 1.82) is 0 Å². The van der Waals surface area contributed by atoms with E-state index in [1.807, 2.05) is 13.0 Å². The summed E-state index contributed by atoms with van der Waals surface area (Å²) in [6.45, 7) is 6.13. The molecule has 3 rings (SSSR count). The van der Waals surface area contributed by atoms with Crippen molar-refractivity contribution in [3.63, 3.8) is 0 Å². The highest BCUT2D eigenvalue weighted by molar-refractivity contribution is 5.54. The van der Waals surface area contributed by atoms with Gasteiger partial charge in [-0.1, -0.05) is 24.3 Å². The number of para-hydroxylation sites is 1. The van der Waals surface area contributed by atoms with Gasteiger partial charge in [0, 0.05) is 31.4 Å². The lowest BCUT2D eigenvalue weighted by atomic mass is 10.1. The molecule has 1 saturated heterocycles. The molecule has 0 radical (unpaired) electrons. The van der Waals surface area contributed by atoms with Crippen molar-refractivity contribution in [3.05, 3.63) is 59.4 Å². The van der Waals surface area contributed by atoms with Gasteiger partial charge in [-0.2, -0.15) is 0 Å². The minimum Gasteiger partial charge on any atom is -0.494 e. The topological polar surface area (TPSA) is 33.7 Å². The van der Waals surface area contributed by atoms with Crippen molar-refractivity contribution in [2.24, 2.45) is 0 Å². The zero-order valence-electron chi connectivity index (χ0n) is 14.8. The van der Waals surface area contributed by atoms with Crippen LogP contribution in [0.15, 0.2) is 42.5 Å². The largest absolute Gasteiger partial charge is 0.494 e. The fraction of sp³-hybridized carbons (Fsp3) is 0.400. The average molecular weight is 344 g/mol.